The summed E-state index contributed by atoms with van der Waals surface area (Å²) in [6.07, 6.45) is 1.19. The Hall–Kier alpha value is -1.36. The summed E-state index contributed by atoms with van der Waals surface area (Å²) in [5.74, 6) is -1.24. The van der Waals surface area contributed by atoms with E-state index in [2.05, 4.69) is 10.6 Å². The third-order valence-corrected chi connectivity index (χ3v) is 2.73. The first-order chi connectivity index (χ1) is 7.56. The van der Waals surface area contributed by atoms with Crippen LogP contribution in [0.4, 0.5) is 0 Å². The molecule has 1 aliphatic heterocycles. The van der Waals surface area contributed by atoms with Crippen LogP contribution in [0.1, 0.15) is 26.7 Å². The maximum atomic E-state index is 11.7. The first-order valence-corrected chi connectivity index (χ1v) is 5.49. The molecule has 3 N–H and O–H groups in total. The molecule has 1 fully saturated rings. The van der Waals surface area contributed by atoms with Gasteiger partial charge in [-0.25, -0.2) is 4.79 Å². The highest BCUT2D eigenvalue weighted by molar-refractivity contribution is 5.96. The van der Waals surface area contributed by atoms with Crippen LogP contribution in [0.15, 0.2) is 11.1 Å². The second-order valence-corrected chi connectivity index (χ2v) is 3.99. The van der Waals surface area contributed by atoms with Gasteiger partial charge >= 0.3 is 5.97 Å². The zero-order chi connectivity index (χ0) is 12.1. The zero-order valence-electron chi connectivity index (χ0n) is 9.67. The fraction of sp³-hybridized carbons (Fsp3) is 0.636. The maximum Gasteiger partial charge on any atom is 0.326 e. The first kappa shape index (κ1) is 12.7. The molecule has 1 atom stereocenters. The van der Waals surface area contributed by atoms with E-state index in [0.29, 0.717) is 12.0 Å². The monoisotopic (exact) mass is 226 g/mol. The topological polar surface area (TPSA) is 78.4 Å². The normalized spacial score (nSPS) is 16.2. The van der Waals surface area contributed by atoms with Crippen LogP contribution in [-0.2, 0) is 9.59 Å². The number of amides is 1. The Morgan fingerprint density at radius 3 is 2.50 bits per heavy atom. The van der Waals surface area contributed by atoms with Gasteiger partial charge in [-0.3, -0.25) is 4.79 Å². The van der Waals surface area contributed by atoms with Crippen LogP contribution in [0.5, 0.6) is 0 Å². The van der Waals surface area contributed by atoms with Crippen molar-refractivity contribution in [1.82, 2.24) is 10.6 Å². The average molecular weight is 226 g/mol. The van der Waals surface area contributed by atoms with Crippen LogP contribution in [0.25, 0.3) is 0 Å². The van der Waals surface area contributed by atoms with E-state index in [1.807, 2.05) is 6.92 Å². The van der Waals surface area contributed by atoms with Crippen molar-refractivity contribution in [2.45, 2.75) is 32.7 Å². The SMILES string of the molecule is CCCC(NC(=O)C(C)=C1CNC1)C(=O)O. The first-order valence-electron chi connectivity index (χ1n) is 5.49. The molecule has 0 aromatic rings. The molecule has 0 aromatic heterocycles. The van der Waals surface area contributed by atoms with Gasteiger partial charge in [0.1, 0.15) is 6.04 Å². The molecule has 1 saturated heterocycles. The lowest BCUT2D eigenvalue weighted by atomic mass is 10.0. The van der Waals surface area contributed by atoms with Crippen LogP contribution < -0.4 is 10.6 Å². The Labute approximate surface area is 94.9 Å². The van der Waals surface area contributed by atoms with Crippen molar-refractivity contribution in [3.8, 4) is 0 Å². The molecule has 0 saturated carbocycles. The Balaban J connectivity index is 2.57. The van der Waals surface area contributed by atoms with E-state index >= 15 is 0 Å². The van der Waals surface area contributed by atoms with Gasteiger partial charge in [0.15, 0.2) is 0 Å². The van der Waals surface area contributed by atoms with Gasteiger partial charge < -0.3 is 15.7 Å². The lowest BCUT2D eigenvalue weighted by Gasteiger charge is -2.22. The Kier molecular flexibility index (Phi) is 4.49. The lowest BCUT2D eigenvalue weighted by Crippen LogP contribution is -2.43. The molecule has 90 valence electrons. The number of carbonyl (C=O) groups excluding carboxylic acids is 1. The van der Waals surface area contributed by atoms with E-state index in [-0.39, 0.29) is 5.91 Å². The number of hydrogen-bond donors (Lipinski definition) is 3. The fourth-order valence-corrected chi connectivity index (χ4v) is 1.49. The number of carbonyl (C=O) groups is 2. The molecule has 0 radical (unpaired) electrons. The summed E-state index contributed by atoms with van der Waals surface area (Å²) in [5, 5.41) is 14.5. The summed E-state index contributed by atoms with van der Waals surface area (Å²) in [6, 6.07) is -0.777. The second-order valence-electron chi connectivity index (χ2n) is 3.99. The van der Waals surface area contributed by atoms with E-state index in [9.17, 15) is 9.59 Å². The van der Waals surface area contributed by atoms with E-state index in [0.717, 1.165) is 25.1 Å². The molecule has 1 heterocycles. The van der Waals surface area contributed by atoms with Gasteiger partial charge in [0.2, 0.25) is 5.91 Å². The number of aliphatic carboxylic acids is 1. The summed E-state index contributed by atoms with van der Waals surface area (Å²) < 4.78 is 0. The van der Waals surface area contributed by atoms with Gasteiger partial charge in [-0.05, 0) is 18.9 Å². The average Bonchev–Trinajstić information content (AvgIpc) is 2.13. The molecule has 1 rings (SSSR count). The zero-order valence-corrected chi connectivity index (χ0v) is 9.67. The highest BCUT2D eigenvalue weighted by Crippen LogP contribution is 2.09. The largest absolute Gasteiger partial charge is 0.480 e. The second kappa shape index (κ2) is 5.65. The summed E-state index contributed by atoms with van der Waals surface area (Å²) >= 11 is 0. The van der Waals surface area contributed by atoms with Crippen LogP contribution in [-0.4, -0.2) is 36.1 Å². The highest BCUT2D eigenvalue weighted by Gasteiger charge is 2.22. The van der Waals surface area contributed by atoms with Crippen molar-refractivity contribution in [1.29, 1.82) is 0 Å². The van der Waals surface area contributed by atoms with Gasteiger partial charge in [-0.2, -0.15) is 0 Å². The maximum absolute atomic E-state index is 11.7. The highest BCUT2D eigenvalue weighted by atomic mass is 16.4. The van der Waals surface area contributed by atoms with E-state index < -0.39 is 12.0 Å². The molecule has 1 unspecified atom stereocenters. The minimum Gasteiger partial charge on any atom is -0.480 e. The number of carboxylic acids is 1. The molecule has 5 nitrogen and oxygen atoms in total. The predicted molar refractivity (Wildman–Crippen MR) is 60.0 cm³/mol. The van der Waals surface area contributed by atoms with Crippen molar-refractivity contribution < 1.29 is 14.7 Å². The van der Waals surface area contributed by atoms with E-state index in [1.165, 1.54) is 0 Å². The van der Waals surface area contributed by atoms with Crippen molar-refractivity contribution in [2.24, 2.45) is 0 Å². The summed E-state index contributed by atoms with van der Waals surface area (Å²) in [5.41, 5.74) is 1.69. The van der Waals surface area contributed by atoms with Gasteiger partial charge in [0.05, 0.1) is 0 Å². The molecule has 0 aromatic carbocycles. The fourth-order valence-electron chi connectivity index (χ4n) is 1.49. The summed E-state index contributed by atoms with van der Waals surface area (Å²) in [7, 11) is 0. The molecule has 16 heavy (non-hydrogen) atoms. The molecule has 1 aliphatic rings. The Morgan fingerprint density at radius 2 is 2.12 bits per heavy atom. The van der Waals surface area contributed by atoms with Crippen molar-refractivity contribution in [2.75, 3.05) is 13.1 Å². The Bertz CT molecular complexity index is 317. The molecule has 1 amide bonds. The third-order valence-electron chi connectivity index (χ3n) is 2.73. The molecule has 5 heteroatoms. The van der Waals surface area contributed by atoms with Gasteiger partial charge in [-0.15, -0.1) is 0 Å². The minimum absolute atomic E-state index is 0.266. The molecule has 0 aliphatic carbocycles. The quantitative estimate of drug-likeness (QED) is 0.588. The van der Waals surface area contributed by atoms with Crippen LogP contribution in [0.2, 0.25) is 0 Å². The molecular weight excluding hydrogens is 208 g/mol. The standard InChI is InChI=1S/C11H18N2O3/c1-3-4-9(11(15)16)13-10(14)7(2)8-5-12-6-8/h9,12H,3-6H2,1-2H3,(H,13,14)(H,15,16). The van der Waals surface area contributed by atoms with Gasteiger partial charge in [-0.1, -0.05) is 13.3 Å². The number of carboxylic acid groups (broad SMARTS) is 1. The number of hydrogen-bond acceptors (Lipinski definition) is 3. The van der Waals surface area contributed by atoms with Crippen LogP contribution in [0, 0.1) is 0 Å². The predicted octanol–water partition coefficient (Wildman–Crippen LogP) is 0.276. The summed E-state index contributed by atoms with van der Waals surface area (Å²) in [6.45, 7) is 5.08. The third kappa shape index (κ3) is 3.06. The number of rotatable bonds is 5. The van der Waals surface area contributed by atoms with Crippen LogP contribution >= 0.6 is 0 Å². The number of nitrogens with one attached hydrogen (secondary N) is 2. The van der Waals surface area contributed by atoms with Crippen molar-refractivity contribution >= 4 is 11.9 Å². The van der Waals surface area contributed by atoms with Gasteiger partial charge in [0, 0.05) is 18.7 Å². The Morgan fingerprint density at radius 1 is 1.50 bits per heavy atom. The van der Waals surface area contributed by atoms with Crippen molar-refractivity contribution in [3.05, 3.63) is 11.1 Å². The van der Waals surface area contributed by atoms with Crippen LogP contribution in [0.3, 0.4) is 0 Å². The summed E-state index contributed by atoms with van der Waals surface area (Å²) in [4.78, 5) is 22.6. The smallest absolute Gasteiger partial charge is 0.326 e. The molecular formula is C11H18N2O3. The molecule has 0 bridgehead atoms. The van der Waals surface area contributed by atoms with Gasteiger partial charge in [0.25, 0.3) is 0 Å². The van der Waals surface area contributed by atoms with E-state index in [1.54, 1.807) is 6.92 Å². The van der Waals surface area contributed by atoms with Crippen molar-refractivity contribution in [3.63, 3.8) is 0 Å². The molecule has 0 spiro atoms. The lowest BCUT2D eigenvalue weighted by molar-refractivity contribution is -0.141. The van der Waals surface area contributed by atoms with E-state index in [4.69, 9.17) is 5.11 Å². The minimum atomic E-state index is -0.972.